The van der Waals surface area contributed by atoms with Crippen molar-refractivity contribution in [3.8, 4) is 0 Å². The smallest absolute Gasteiger partial charge is 0.147 e. The van der Waals surface area contributed by atoms with Crippen molar-refractivity contribution in [1.29, 1.82) is 0 Å². The summed E-state index contributed by atoms with van der Waals surface area (Å²) in [5, 5.41) is 0. The maximum atomic E-state index is 6.42. The number of methoxy groups -OCH3 is 1. The molecule has 0 saturated heterocycles. The predicted molar refractivity (Wildman–Crippen MR) is 131 cm³/mol. The van der Waals surface area contributed by atoms with Gasteiger partial charge in [0.15, 0.2) is 0 Å². The van der Waals surface area contributed by atoms with E-state index >= 15 is 0 Å². The van der Waals surface area contributed by atoms with E-state index in [1.807, 2.05) is 54.6 Å². The van der Waals surface area contributed by atoms with Crippen molar-refractivity contribution in [2.75, 3.05) is 20.5 Å². The molecule has 0 aromatic heterocycles. The normalized spacial score (nSPS) is 19.8. The van der Waals surface area contributed by atoms with Crippen LogP contribution in [-0.2, 0) is 43.5 Å². The highest BCUT2D eigenvalue weighted by Gasteiger charge is 2.40. The molecule has 3 aromatic rings. The van der Waals surface area contributed by atoms with Crippen molar-refractivity contribution in [3.63, 3.8) is 0 Å². The number of benzene rings is 3. The van der Waals surface area contributed by atoms with Gasteiger partial charge >= 0.3 is 0 Å². The summed E-state index contributed by atoms with van der Waals surface area (Å²) in [4.78, 5) is 0. The van der Waals surface area contributed by atoms with Crippen LogP contribution in [0.5, 0.6) is 0 Å². The molecule has 3 atom stereocenters. The number of hydrogen-bond donors (Lipinski definition) is 0. The molecule has 0 fully saturated rings. The highest BCUT2D eigenvalue weighted by Crippen LogP contribution is 2.30. The molecular formula is C29H32O5. The Bertz CT molecular complexity index is 991. The molecule has 34 heavy (non-hydrogen) atoms. The fourth-order valence-corrected chi connectivity index (χ4v) is 3.98. The van der Waals surface area contributed by atoms with Crippen LogP contribution in [0.3, 0.4) is 0 Å². The minimum Gasteiger partial charge on any atom is -0.372 e. The second-order valence-corrected chi connectivity index (χ2v) is 8.24. The summed E-state index contributed by atoms with van der Waals surface area (Å²) in [5.41, 5.74) is 4.36. The van der Waals surface area contributed by atoms with Crippen LogP contribution in [0, 0.1) is 0 Å². The Kier molecular flexibility index (Phi) is 9.43. The quantitative estimate of drug-likeness (QED) is 0.256. The van der Waals surface area contributed by atoms with E-state index in [0.717, 1.165) is 22.3 Å². The summed E-state index contributed by atoms with van der Waals surface area (Å²) in [6, 6.07) is 30.4. The number of ether oxygens (including phenoxy) is 5. The van der Waals surface area contributed by atoms with E-state index in [1.54, 1.807) is 7.11 Å². The van der Waals surface area contributed by atoms with Gasteiger partial charge in [0.05, 0.1) is 26.4 Å². The van der Waals surface area contributed by atoms with Crippen molar-refractivity contribution >= 4 is 0 Å². The molecule has 0 N–H and O–H groups in total. The van der Waals surface area contributed by atoms with E-state index < -0.39 is 0 Å². The topological polar surface area (TPSA) is 46.2 Å². The molecule has 0 heterocycles. The second kappa shape index (κ2) is 13.2. The Balaban J connectivity index is 1.47. The SMILES string of the molecule is COCO[C@@H]1C=C(COCc2ccccc2)[C@@H](OCc2ccccc2)[C@@H]1OCc1ccccc1. The van der Waals surface area contributed by atoms with Crippen LogP contribution in [0.25, 0.3) is 0 Å². The summed E-state index contributed by atoms with van der Waals surface area (Å²) in [6.07, 6.45) is 1.17. The Morgan fingerprint density at radius 3 is 1.68 bits per heavy atom. The Morgan fingerprint density at radius 2 is 1.12 bits per heavy atom. The van der Waals surface area contributed by atoms with E-state index in [0.29, 0.717) is 26.4 Å². The molecule has 1 aliphatic rings. The third-order valence-corrected chi connectivity index (χ3v) is 5.68. The number of rotatable bonds is 13. The Morgan fingerprint density at radius 1 is 0.588 bits per heavy atom. The first-order valence-corrected chi connectivity index (χ1v) is 11.6. The largest absolute Gasteiger partial charge is 0.372 e. The lowest BCUT2D eigenvalue weighted by atomic mass is 10.1. The summed E-state index contributed by atoms with van der Waals surface area (Å²) < 4.78 is 30.0. The van der Waals surface area contributed by atoms with Gasteiger partial charge in [-0.2, -0.15) is 0 Å². The predicted octanol–water partition coefficient (Wildman–Crippen LogP) is 5.30. The van der Waals surface area contributed by atoms with Gasteiger partial charge < -0.3 is 23.7 Å². The molecule has 0 amide bonds. The summed E-state index contributed by atoms with van der Waals surface area (Å²) in [5.74, 6) is 0. The minimum absolute atomic E-state index is 0.177. The van der Waals surface area contributed by atoms with Crippen molar-refractivity contribution in [1.82, 2.24) is 0 Å². The van der Waals surface area contributed by atoms with Gasteiger partial charge in [-0.1, -0.05) is 91.0 Å². The van der Waals surface area contributed by atoms with Crippen LogP contribution >= 0.6 is 0 Å². The third kappa shape index (κ3) is 7.10. The molecule has 5 heteroatoms. The van der Waals surface area contributed by atoms with Crippen molar-refractivity contribution in [2.45, 2.75) is 38.1 Å². The van der Waals surface area contributed by atoms with Gasteiger partial charge in [0, 0.05) is 7.11 Å². The molecule has 0 aliphatic heterocycles. The van der Waals surface area contributed by atoms with Gasteiger partial charge in [-0.15, -0.1) is 0 Å². The molecule has 1 aliphatic carbocycles. The first-order valence-electron chi connectivity index (χ1n) is 11.6. The van der Waals surface area contributed by atoms with E-state index in [9.17, 15) is 0 Å². The van der Waals surface area contributed by atoms with Crippen molar-refractivity contribution in [3.05, 3.63) is 119 Å². The molecule has 5 nitrogen and oxygen atoms in total. The van der Waals surface area contributed by atoms with Crippen molar-refractivity contribution in [2.24, 2.45) is 0 Å². The molecule has 0 spiro atoms. The zero-order valence-electron chi connectivity index (χ0n) is 19.5. The molecule has 178 valence electrons. The zero-order valence-corrected chi connectivity index (χ0v) is 19.5. The lowest BCUT2D eigenvalue weighted by Crippen LogP contribution is -2.38. The minimum atomic E-state index is -0.311. The first-order chi connectivity index (χ1) is 16.8. The fraction of sp³-hybridized carbons (Fsp3) is 0.310. The fourth-order valence-electron chi connectivity index (χ4n) is 3.98. The average Bonchev–Trinajstić information content (AvgIpc) is 3.22. The van der Waals surface area contributed by atoms with E-state index in [-0.39, 0.29) is 25.1 Å². The van der Waals surface area contributed by atoms with E-state index in [4.69, 9.17) is 23.7 Å². The summed E-state index contributed by atoms with van der Waals surface area (Å²) in [6.45, 7) is 2.09. The molecule has 0 unspecified atom stereocenters. The number of hydrogen-bond acceptors (Lipinski definition) is 5. The lowest BCUT2D eigenvalue weighted by molar-refractivity contribution is -0.142. The van der Waals surface area contributed by atoms with Gasteiger partial charge in [-0.05, 0) is 28.3 Å². The lowest BCUT2D eigenvalue weighted by Gasteiger charge is -2.27. The van der Waals surface area contributed by atoms with Crippen molar-refractivity contribution < 1.29 is 23.7 Å². The molecule has 3 aromatic carbocycles. The van der Waals surface area contributed by atoms with Crippen LogP contribution in [-0.4, -0.2) is 38.8 Å². The van der Waals surface area contributed by atoms with Crippen LogP contribution in [0.15, 0.2) is 103 Å². The summed E-state index contributed by atoms with van der Waals surface area (Å²) in [7, 11) is 1.62. The molecule has 0 bridgehead atoms. The molecular weight excluding hydrogens is 428 g/mol. The van der Waals surface area contributed by atoms with Gasteiger partial charge in [-0.3, -0.25) is 0 Å². The maximum absolute atomic E-state index is 6.42. The first kappa shape index (κ1) is 24.3. The van der Waals surface area contributed by atoms with E-state index in [2.05, 4.69) is 42.5 Å². The van der Waals surface area contributed by atoms with Crippen LogP contribution in [0.4, 0.5) is 0 Å². The second-order valence-electron chi connectivity index (χ2n) is 8.24. The average molecular weight is 461 g/mol. The van der Waals surface area contributed by atoms with Gasteiger partial charge in [-0.25, -0.2) is 0 Å². The molecule has 0 radical (unpaired) electrons. The maximum Gasteiger partial charge on any atom is 0.147 e. The zero-order chi connectivity index (χ0) is 23.4. The molecule has 4 rings (SSSR count). The highest BCUT2D eigenvalue weighted by atomic mass is 16.7. The van der Waals surface area contributed by atoms with Gasteiger partial charge in [0.1, 0.15) is 25.1 Å². The van der Waals surface area contributed by atoms with Crippen LogP contribution in [0.1, 0.15) is 16.7 Å². The molecule has 0 saturated carbocycles. The third-order valence-electron chi connectivity index (χ3n) is 5.68. The van der Waals surface area contributed by atoms with Crippen LogP contribution in [0.2, 0.25) is 0 Å². The Hall–Kier alpha value is -2.80. The van der Waals surface area contributed by atoms with Crippen LogP contribution < -0.4 is 0 Å². The van der Waals surface area contributed by atoms with Gasteiger partial charge in [0.2, 0.25) is 0 Å². The monoisotopic (exact) mass is 460 g/mol. The van der Waals surface area contributed by atoms with E-state index in [1.165, 1.54) is 0 Å². The van der Waals surface area contributed by atoms with Gasteiger partial charge in [0.25, 0.3) is 0 Å². The Labute approximate surface area is 201 Å². The standard InChI is InChI=1S/C29H32O5/c1-30-22-34-27-17-26(21-31-18-23-11-5-2-6-12-23)28(32-19-24-13-7-3-8-14-24)29(27)33-20-25-15-9-4-10-16-25/h2-17,27-29H,18-22H2,1H3/t27-,28-,29-/m1/s1. The highest BCUT2D eigenvalue weighted by molar-refractivity contribution is 5.25. The summed E-state index contributed by atoms with van der Waals surface area (Å²) >= 11 is 0.